The highest BCUT2D eigenvalue weighted by Crippen LogP contribution is 2.39. The van der Waals surface area contributed by atoms with E-state index < -0.39 is 5.41 Å². The maximum Gasteiger partial charge on any atom is 0.233 e. The summed E-state index contributed by atoms with van der Waals surface area (Å²) < 4.78 is 16.6. The first-order valence-corrected chi connectivity index (χ1v) is 10.9. The SMILES string of the molecule is COc1ccc(C2(C(=O)N3CCN(C)[C@@H](c4ccccc4OC)C3)CCOCC2)cc1. The molecule has 0 N–H and O–H groups in total. The maximum absolute atomic E-state index is 14.1. The van der Waals surface area contributed by atoms with Gasteiger partial charge in [-0.05, 0) is 43.7 Å². The van der Waals surface area contributed by atoms with E-state index in [0.29, 0.717) is 32.6 Å². The molecule has 0 unspecified atom stereocenters. The van der Waals surface area contributed by atoms with Crippen molar-refractivity contribution in [1.82, 2.24) is 9.80 Å². The zero-order valence-corrected chi connectivity index (χ0v) is 18.7. The number of benzene rings is 2. The number of nitrogens with zero attached hydrogens (tertiary/aromatic N) is 2. The first kappa shape index (κ1) is 21.7. The van der Waals surface area contributed by atoms with Gasteiger partial charge in [-0.15, -0.1) is 0 Å². The number of likely N-dealkylation sites (N-methyl/N-ethyl adjacent to an activating group) is 1. The number of rotatable bonds is 5. The third kappa shape index (κ3) is 4.14. The molecule has 0 saturated carbocycles. The maximum atomic E-state index is 14.1. The zero-order chi connectivity index (χ0) is 21.8. The summed E-state index contributed by atoms with van der Waals surface area (Å²) in [5, 5.41) is 0. The van der Waals surface area contributed by atoms with Crippen LogP contribution >= 0.6 is 0 Å². The van der Waals surface area contributed by atoms with Gasteiger partial charge in [0.15, 0.2) is 0 Å². The third-order valence-corrected chi connectivity index (χ3v) is 6.83. The number of amides is 1. The molecule has 2 aromatic carbocycles. The Balaban J connectivity index is 1.63. The van der Waals surface area contributed by atoms with E-state index in [4.69, 9.17) is 14.2 Å². The van der Waals surface area contributed by atoms with Crippen molar-refractivity contribution in [2.75, 3.05) is 54.1 Å². The van der Waals surface area contributed by atoms with Gasteiger partial charge >= 0.3 is 0 Å². The summed E-state index contributed by atoms with van der Waals surface area (Å²) in [4.78, 5) is 18.4. The molecule has 6 nitrogen and oxygen atoms in total. The Morgan fingerprint density at radius 1 is 1.00 bits per heavy atom. The summed E-state index contributed by atoms with van der Waals surface area (Å²) in [5.74, 6) is 1.87. The van der Waals surface area contributed by atoms with Crippen molar-refractivity contribution < 1.29 is 19.0 Å². The van der Waals surface area contributed by atoms with E-state index in [-0.39, 0.29) is 11.9 Å². The Hall–Kier alpha value is -2.57. The van der Waals surface area contributed by atoms with Crippen LogP contribution in [0.4, 0.5) is 0 Å². The van der Waals surface area contributed by atoms with Crippen LogP contribution in [0.3, 0.4) is 0 Å². The Kier molecular flexibility index (Phi) is 6.49. The van der Waals surface area contributed by atoms with Crippen LogP contribution in [0, 0.1) is 0 Å². The number of ether oxygens (including phenoxy) is 3. The predicted octanol–water partition coefficient (Wildman–Crippen LogP) is 3.27. The monoisotopic (exact) mass is 424 g/mol. The molecule has 0 aromatic heterocycles. The number of hydrogen-bond donors (Lipinski definition) is 0. The molecule has 0 radical (unpaired) electrons. The second kappa shape index (κ2) is 9.28. The number of para-hydroxylation sites is 1. The molecule has 2 aromatic rings. The quantitative estimate of drug-likeness (QED) is 0.737. The van der Waals surface area contributed by atoms with Gasteiger partial charge in [0, 0.05) is 38.4 Å². The van der Waals surface area contributed by atoms with Crippen LogP contribution in [0.5, 0.6) is 11.5 Å². The summed E-state index contributed by atoms with van der Waals surface area (Å²) in [5.41, 5.74) is 1.62. The average Bonchev–Trinajstić information content (AvgIpc) is 2.84. The van der Waals surface area contributed by atoms with Crippen molar-refractivity contribution in [3.8, 4) is 11.5 Å². The van der Waals surface area contributed by atoms with Crippen molar-refractivity contribution in [3.05, 3.63) is 59.7 Å². The van der Waals surface area contributed by atoms with Crippen LogP contribution in [0.1, 0.15) is 30.0 Å². The van der Waals surface area contributed by atoms with Crippen LogP contribution < -0.4 is 9.47 Å². The van der Waals surface area contributed by atoms with Crippen LogP contribution in [0.2, 0.25) is 0 Å². The van der Waals surface area contributed by atoms with Crippen LogP contribution in [0.15, 0.2) is 48.5 Å². The van der Waals surface area contributed by atoms with Gasteiger partial charge in [0.2, 0.25) is 5.91 Å². The lowest BCUT2D eigenvalue weighted by Gasteiger charge is -2.45. The van der Waals surface area contributed by atoms with E-state index in [2.05, 4.69) is 18.0 Å². The largest absolute Gasteiger partial charge is 0.497 e. The molecule has 2 heterocycles. The molecular weight excluding hydrogens is 392 g/mol. The fraction of sp³-hybridized carbons (Fsp3) is 0.480. The molecule has 31 heavy (non-hydrogen) atoms. The number of hydrogen-bond acceptors (Lipinski definition) is 5. The molecule has 2 saturated heterocycles. The smallest absolute Gasteiger partial charge is 0.233 e. The number of carbonyl (C=O) groups excluding carboxylic acids is 1. The van der Waals surface area contributed by atoms with Crippen molar-refractivity contribution in [2.24, 2.45) is 0 Å². The van der Waals surface area contributed by atoms with Gasteiger partial charge < -0.3 is 19.1 Å². The fourth-order valence-corrected chi connectivity index (χ4v) is 4.89. The molecule has 1 amide bonds. The fourth-order valence-electron chi connectivity index (χ4n) is 4.89. The van der Waals surface area contributed by atoms with Gasteiger partial charge in [0.1, 0.15) is 11.5 Å². The minimum absolute atomic E-state index is 0.0987. The van der Waals surface area contributed by atoms with E-state index >= 15 is 0 Å². The van der Waals surface area contributed by atoms with Crippen LogP contribution in [0.25, 0.3) is 0 Å². The second-order valence-corrected chi connectivity index (χ2v) is 8.41. The summed E-state index contributed by atoms with van der Waals surface area (Å²) in [6, 6.07) is 16.2. The van der Waals surface area contributed by atoms with Gasteiger partial charge in [-0.3, -0.25) is 9.69 Å². The highest BCUT2D eigenvalue weighted by atomic mass is 16.5. The predicted molar refractivity (Wildman–Crippen MR) is 120 cm³/mol. The molecule has 2 aliphatic rings. The molecule has 2 fully saturated rings. The first-order valence-electron chi connectivity index (χ1n) is 10.9. The van der Waals surface area contributed by atoms with Crippen LogP contribution in [-0.2, 0) is 14.9 Å². The minimum atomic E-state index is -0.550. The Morgan fingerprint density at radius 2 is 1.71 bits per heavy atom. The average molecular weight is 425 g/mol. The zero-order valence-electron chi connectivity index (χ0n) is 18.7. The van der Waals surface area contributed by atoms with Gasteiger partial charge in [0.05, 0.1) is 25.7 Å². The lowest BCUT2D eigenvalue weighted by Crippen LogP contribution is -2.56. The molecule has 0 aliphatic carbocycles. The lowest BCUT2D eigenvalue weighted by molar-refractivity contribution is -0.144. The van der Waals surface area contributed by atoms with Gasteiger partial charge in [-0.2, -0.15) is 0 Å². The highest BCUT2D eigenvalue weighted by molar-refractivity contribution is 5.88. The van der Waals surface area contributed by atoms with Crippen molar-refractivity contribution in [1.29, 1.82) is 0 Å². The van der Waals surface area contributed by atoms with Crippen molar-refractivity contribution in [2.45, 2.75) is 24.3 Å². The standard InChI is InChI=1S/C25H32N2O4/c1-26-14-15-27(18-22(26)21-6-4-5-7-23(21)30-3)24(28)25(12-16-31-17-13-25)19-8-10-20(29-2)11-9-19/h4-11,22H,12-18H2,1-3H3/t22-/m1/s1. The second-order valence-electron chi connectivity index (χ2n) is 8.41. The molecule has 4 rings (SSSR count). The minimum Gasteiger partial charge on any atom is -0.497 e. The normalized spacial score (nSPS) is 21.5. The van der Waals surface area contributed by atoms with E-state index in [1.54, 1.807) is 14.2 Å². The summed E-state index contributed by atoms with van der Waals surface area (Å²) in [7, 11) is 5.48. The topological polar surface area (TPSA) is 51.2 Å². The van der Waals surface area contributed by atoms with E-state index in [1.807, 2.05) is 47.4 Å². The van der Waals surface area contributed by atoms with E-state index in [9.17, 15) is 4.79 Å². The van der Waals surface area contributed by atoms with Gasteiger partial charge in [-0.1, -0.05) is 30.3 Å². The summed E-state index contributed by atoms with van der Waals surface area (Å²) in [6.45, 7) is 3.39. The van der Waals surface area contributed by atoms with Gasteiger partial charge in [0.25, 0.3) is 0 Å². The molecule has 1 atom stereocenters. The van der Waals surface area contributed by atoms with Crippen molar-refractivity contribution in [3.63, 3.8) is 0 Å². The first-order chi connectivity index (χ1) is 15.1. The summed E-state index contributed by atoms with van der Waals surface area (Å²) >= 11 is 0. The van der Waals surface area contributed by atoms with Crippen molar-refractivity contribution >= 4 is 5.91 Å². The number of methoxy groups -OCH3 is 2. The molecule has 166 valence electrons. The third-order valence-electron chi connectivity index (χ3n) is 6.83. The Labute approximate surface area is 184 Å². The molecule has 0 spiro atoms. The lowest BCUT2D eigenvalue weighted by atomic mass is 9.72. The number of carbonyl (C=O) groups is 1. The van der Waals surface area contributed by atoms with Crippen LogP contribution in [-0.4, -0.2) is 69.8 Å². The summed E-state index contributed by atoms with van der Waals surface area (Å²) in [6.07, 6.45) is 1.40. The Bertz CT molecular complexity index is 893. The molecular formula is C25H32N2O4. The highest BCUT2D eigenvalue weighted by Gasteiger charge is 2.45. The molecule has 6 heteroatoms. The van der Waals surface area contributed by atoms with Gasteiger partial charge in [-0.25, -0.2) is 0 Å². The van der Waals surface area contributed by atoms with E-state index in [0.717, 1.165) is 35.7 Å². The molecule has 0 bridgehead atoms. The number of piperazine rings is 1. The Morgan fingerprint density at radius 3 is 2.39 bits per heavy atom. The molecule has 2 aliphatic heterocycles. The van der Waals surface area contributed by atoms with E-state index in [1.165, 1.54) is 0 Å².